The van der Waals surface area contributed by atoms with Crippen molar-refractivity contribution in [3.63, 3.8) is 0 Å². The highest BCUT2D eigenvalue weighted by atomic mass is 16.5. The van der Waals surface area contributed by atoms with Crippen molar-refractivity contribution in [2.75, 3.05) is 7.11 Å². The highest BCUT2D eigenvalue weighted by Crippen LogP contribution is 2.37. The van der Waals surface area contributed by atoms with E-state index >= 15 is 0 Å². The number of rotatable bonds is 10. The second-order valence-corrected chi connectivity index (χ2v) is 10.9. The van der Waals surface area contributed by atoms with E-state index in [-0.39, 0.29) is 17.7 Å². The third-order valence-corrected chi connectivity index (χ3v) is 8.29. The van der Waals surface area contributed by atoms with E-state index in [0.29, 0.717) is 29.8 Å². The maximum atomic E-state index is 12.9. The van der Waals surface area contributed by atoms with Crippen molar-refractivity contribution in [2.45, 2.75) is 46.6 Å². The number of nitrogens with one attached hydrogen (secondary N) is 2. The summed E-state index contributed by atoms with van der Waals surface area (Å²) in [5.74, 6) is -2.55. The fraction of sp³-hybridized carbons (Fsp3) is 0.294. The van der Waals surface area contributed by atoms with Crippen molar-refractivity contribution in [1.82, 2.24) is 9.97 Å². The van der Waals surface area contributed by atoms with E-state index in [4.69, 9.17) is 20.6 Å². The Kier molecular flexibility index (Phi) is 9.04. The molecule has 0 aromatic carbocycles. The third-order valence-electron chi connectivity index (χ3n) is 8.29. The Balaban J connectivity index is 1.71. The summed E-state index contributed by atoms with van der Waals surface area (Å²) in [5.41, 5.74) is 14.6. The maximum Gasteiger partial charge on any atom is 0.327 e. The van der Waals surface area contributed by atoms with Crippen LogP contribution in [0.4, 0.5) is 0 Å². The molecular weight excluding hydrogens is 544 g/mol. The zero-order valence-corrected chi connectivity index (χ0v) is 25.2. The van der Waals surface area contributed by atoms with Crippen molar-refractivity contribution in [3.8, 4) is 0 Å². The van der Waals surface area contributed by atoms with E-state index in [1.165, 1.54) is 7.11 Å². The van der Waals surface area contributed by atoms with Gasteiger partial charge in [-0.15, -0.1) is 0 Å². The van der Waals surface area contributed by atoms with Gasteiger partial charge in [0.15, 0.2) is 5.78 Å². The number of carboxylic acids is 1. The van der Waals surface area contributed by atoms with Crippen LogP contribution in [0.3, 0.4) is 0 Å². The van der Waals surface area contributed by atoms with Crippen LogP contribution in [0.1, 0.15) is 60.3 Å². The second kappa shape index (κ2) is 12.5. The Bertz CT molecular complexity index is 1780. The number of aliphatic carboxylic acids is 1. The van der Waals surface area contributed by atoms with Gasteiger partial charge in [0.25, 0.3) is 0 Å². The molecule has 2 unspecified atom stereocenters. The lowest BCUT2D eigenvalue weighted by atomic mass is 10.0. The van der Waals surface area contributed by atoms with Crippen molar-refractivity contribution < 1.29 is 24.2 Å². The fourth-order valence-corrected chi connectivity index (χ4v) is 5.69. The average molecular weight is 583 g/mol. The summed E-state index contributed by atoms with van der Waals surface area (Å²) in [6.07, 6.45) is 13.0. The molecule has 1 aliphatic heterocycles. The Morgan fingerprint density at radius 3 is 2.40 bits per heavy atom. The number of ether oxygens (including phenoxy) is 1. The molecule has 1 saturated carbocycles. The summed E-state index contributed by atoms with van der Waals surface area (Å²) >= 11 is 0. The number of nitrogens with two attached hydrogens (primary N) is 1. The summed E-state index contributed by atoms with van der Waals surface area (Å²) in [6.45, 7) is 15.8. The Morgan fingerprint density at radius 1 is 1.09 bits per heavy atom. The van der Waals surface area contributed by atoms with Crippen LogP contribution in [0.2, 0.25) is 0 Å². The molecule has 9 heteroatoms. The molecule has 2 aromatic rings. The first kappa shape index (κ1) is 31.0. The number of methoxy groups -OCH3 is 1. The molecule has 0 bridgehead atoms. The molecule has 2 aliphatic rings. The number of fused-ring (bicyclic) bond motifs is 1. The molecular formula is C34H38N4O5. The highest BCUT2D eigenvalue weighted by molar-refractivity contribution is 6.27. The van der Waals surface area contributed by atoms with Crippen LogP contribution in [-0.4, -0.2) is 51.7 Å². The lowest BCUT2D eigenvalue weighted by Gasteiger charge is -2.09. The topological polar surface area (TPSA) is 151 Å². The first-order valence-corrected chi connectivity index (χ1v) is 14.1. The number of aromatic amines is 2. The smallest absolute Gasteiger partial charge is 0.327 e. The van der Waals surface area contributed by atoms with Crippen LogP contribution < -0.4 is 16.4 Å². The molecule has 0 radical (unpaired) electrons. The number of esters is 1. The number of carboxylic acid groups (broad SMARTS) is 1. The summed E-state index contributed by atoms with van der Waals surface area (Å²) in [6, 6.07) is -0.344. The number of hydrogen-bond donors (Lipinski definition) is 4. The van der Waals surface area contributed by atoms with Crippen LogP contribution in [0.5, 0.6) is 0 Å². The van der Waals surface area contributed by atoms with Gasteiger partial charge >= 0.3 is 11.9 Å². The fourth-order valence-electron chi connectivity index (χ4n) is 5.69. The monoisotopic (exact) mass is 582 g/mol. The van der Waals surface area contributed by atoms with Gasteiger partial charge in [0, 0.05) is 50.6 Å². The number of Topliss-reactive ketones (excluding diaryl/α,β-unsaturated/α-hetero) is 1. The molecule has 4 rings (SSSR count). The predicted octanol–water partition coefficient (Wildman–Crippen LogP) is 3.72. The average Bonchev–Trinajstić information content (AvgIpc) is 3.65. The molecule has 3 heterocycles. The minimum Gasteiger partial charge on any atom is -0.478 e. The van der Waals surface area contributed by atoms with Crippen LogP contribution in [0.25, 0.3) is 30.4 Å². The quantitative estimate of drug-likeness (QED) is 0.190. The van der Waals surface area contributed by atoms with Gasteiger partial charge < -0.3 is 25.5 Å². The van der Waals surface area contributed by atoms with Crippen LogP contribution in [0, 0.1) is 25.7 Å². The highest BCUT2D eigenvalue weighted by Gasteiger charge is 2.45. The molecule has 43 heavy (non-hydrogen) atoms. The normalized spacial score (nSPS) is 20.2. The largest absolute Gasteiger partial charge is 0.478 e. The number of nitrogens with zero attached hydrogens (tertiary/aromatic N) is 1. The SMILES string of the molecule is C=Cc1c(C=c2[nH]c(=CC3=NC4C[C@@H](C(=O)OC)C(=O)C4=C3C)c(C=C)c2C)[nH]c(C=C(N)C(C)C/C=C/C(=O)O)c1C. The summed E-state index contributed by atoms with van der Waals surface area (Å²) in [7, 11) is 1.29. The number of H-pyrrole nitrogens is 2. The number of aliphatic imine (C=N–C) groups is 1. The zero-order valence-electron chi connectivity index (χ0n) is 25.2. The molecule has 9 nitrogen and oxygen atoms in total. The van der Waals surface area contributed by atoms with Gasteiger partial charge in [0.05, 0.1) is 18.9 Å². The van der Waals surface area contributed by atoms with Crippen LogP contribution >= 0.6 is 0 Å². The summed E-state index contributed by atoms with van der Waals surface area (Å²) in [5, 5.41) is 10.5. The van der Waals surface area contributed by atoms with Gasteiger partial charge in [0.1, 0.15) is 5.92 Å². The van der Waals surface area contributed by atoms with E-state index in [2.05, 4.69) is 23.1 Å². The Morgan fingerprint density at radius 2 is 1.79 bits per heavy atom. The summed E-state index contributed by atoms with van der Waals surface area (Å²) < 4.78 is 4.80. The van der Waals surface area contributed by atoms with E-state index in [0.717, 1.165) is 56.0 Å². The van der Waals surface area contributed by atoms with E-state index in [1.807, 2.05) is 45.9 Å². The third kappa shape index (κ3) is 6.02. The van der Waals surface area contributed by atoms with Crippen molar-refractivity contribution >= 4 is 53.8 Å². The van der Waals surface area contributed by atoms with Crippen molar-refractivity contribution in [3.05, 3.63) is 86.5 Å². The van der Waals surface area contributed by atoms with Crippen LogP contribution in [-0.2, 0) is 19.1 Å². The van der Waals surface area contributed by atoms with Gasteiger partial charge in [-0.2, -0.15) is 0 Å². The summed E-state index contributed by atoms with van der Waals surface area (Å²) in [4.78, 5) is 47.5. The molecule has 2 aromatic heterocycles. The van der Waals surface area contributed by atoms with Crippen molar-refractivity contribution in [1.29, 1.82) is 0 Å². The Hall–Kier alpha value is -4.92. The number of ketones is 1. The van der Waals surface area contributed by atoms with E-state index in [1.54, 1.807) is 18.2 Å². The van der Waals surface area contributed by atoms with Gasteiger partial charge in [-0.05, 0) is 74.5 Å². The van der Waals surface area contributed by atoms with Gasteiger partial charge in [-0.1, -0.05) is 38.3 Å². The van der Waals surface area contributed by atoms with Gasteiger partial charge in [-0.25, -0.2) is 4.79 Å². The first-order chi connectivity index (χ1) is 20.4. The predicted molar refractivity (Wildman–Crippen MR) is 170 cm³/mol. The van der Waals surface area contributed by atoms with Crippen molar-refractivity contribution in [2.24, 2.45) is 22.6 Å². The minimum absolute atomic E-state index is 0.0464. The second-order valence-electron chi connectivity index (χ2n) is 10.9. The number of allylic oxidation sites excluding steroid dienone is 3. The zero-order chi connectivity index (χ0) is 31.6. The van der Waals surface area contributed by atoms with Gasteiger partial charge in [0.2, 0.25) is 0 Å². The van der Waals surface area contributed by atoms with Gasteiger partial charge in [-0.3, -0.25) is 14.6 Å². The number of carbonyl (C=O) groups is 3. The lowest BCUT2D eigenvalue weighted by Crippen LogP contribution is -2.21. The number of carbonyl (C=O) groups excluding carboxylic acids is 2. The standard InChI is InChI=1S/C34H38N4O5/c1-8-21-18(4)25(14-24(35)17(3)11-10-12-31(39)40)36-28(21)15-26-19(5)22(9-2)29(37-26)16-27-20(6)32-30(38-27)13-23(33(32)41)34(42)43-7/h8-10,12,14-17,23,30,36-37H,1-2,11,13,35H2,3-7H3,(H,39,40)/b12-10+,24-14?,26-15?,29-16?/t17?,23-,30?/m1/s1. The number of hydrogen-bond acceptors (Lipinski definition) is 6. The van der Waals surface area contributed by atoms with E-state index in [9.17, 15) is 14.4 Å². The molecule has 5 N–H and O–H groups in total. The molecule has 0 amide bonds. The molecule has 0 saturated heterocycles. The van der Waals surface area contributed by atoms with Crippen LogP contribution in [0.15, 0.2) is 47.1 Å². The molecule has 0 spiro atoms. The molecule has 3 atom stereocenters. The number of aromatic nitrogens is 2. The lowest BCUT2D eigenvalue weighted by molar-refractivity contribution is -0.147. The minimum atomic E-state index is -0.986. The molecule has 224 valence electrons. The Labute approximate surface area is 250 Å². The molecule has 1 aliphatic carbocycles. The molecule has 1 fully saturated rings. The maximum absolute atomic E-state index is 12.9. The first-order valence-electron chi connectivity index (χ1n) is 14.1. The van der Waals surface area contributed by atoms with E-state index < -0.39 is 17.9 Å².